The minimum absolute atomic E-state index is 0.349. The molecule has 0 saturated carbocycles. The van der Waals surface area contributed by atoms with Crippen molar-refractivity contribution in [3.63, 3.8) is 0 Å². The van der Waals surface area contributed by atoms with Crippen molar-refractivity contribution < 1.29 is 9.18 Å². The molecule has 24 heavy (non-hydrogen) atoms. The van der Waals surface area contributed by atoms with E-state index in [1.807, 2.05) is 29.9 Å². The van der Waals surface area contributed by atoms with Crippen molar-refractivity contribution in [1.82, 2.24) is 15.0 Å². The lowest BCUT2D eigenvalue weighted by Gasteiger charge is -2.04. The molecule has 0 aliphatic carbocycles. The Bertz CT molecular complexity index is 882. The molecule has 0 bridgehead atoms. The summed E-state index contributed by atoms with van der Waals surface area (Å²) >= 11 is 1.55. The molecule has 3 rings (SSSR count). The molecule has 1 N–H and O–H groups in total. The monoisotopic (exact) mass is 342 g/mol. The third kappa shape index (κ3) is 3.26. The number of amides is 1. The molecule has 0 radical (unpaired) electrons. The molecule has 0 unspecified atom stereocenters. The summed E-state index contributed by atoms with van der Waals surface area (Å²) in [7, 11) is 0. The summed E-state index contributed by atoms with van der Waals surface area (Å²) in [5, 5.41) is 6.80. The van der Waals surface area contributed by atoms with Crippen LogP contribution in [0, 0.1) is 19.7 Å². The minimum atomic E-state index is -0.389. The predicted molar refractivity (Wildman–Crippen MR) is 92.4 cm³/mol. The number of nitrogens with zero attached hydrogens (tertiary/aromatic N) is 3. The van der Waals surface area contributed by atoms with Crippen molar-refractivity contribution in [2.45, 2.75) is 13.8 Å². The fourth-order valence-electron chi connectivity index (χ4n) is 2.37. The van der Waals surface area contributed by atoms with E-state index in [-0.39, 0.29) is 11.7 Å². The molecule has 2 heterocycles. The van der Waals surface area contributed by atoms with Crippen LogP contribution in [0.2, 0.25) is 0 Å². The molecular formula is C17H15FN4OS. The minimum Gasteiger partial charge on any atom is -0.294 e. The van der Waals surface area contributed by atoms with Gasteiger partial charge in [-0.2, -0.15) is 5.10 Å². The molecule has 0 fully saturated rings. The summed E-state index contributed by atoms with van der Waals surface area (Å²) in [4.78, 5) is 16.2. The first kappa shape index (κ1) is 16.1. The van der Waals surface area contributed by atoms with Crippen molar-refractivity contribution in [2.24, 2.45) is 5.10 Å². The summed E-state index contributed by atoms with van der Waals surface area (Å²) in [6, 6.07) is 7.27. The van der Waals surface area contributed by atoms with E-state index >= 15 is 0 Å². The van der Waals surface area contributed by atoms with Crippen LogP contribution in [-0.4, -0.2) is 21.7 Å². The third-order valence-electron chi connectivity index (χ3n) is 3.56. The van der Waals surface area contributed by atoms with Gasteiger partial charge in [-0.1, -0.05) is 0 Å². The van der Waals surface area contributed by atoms with Gasteiger partial charge < -0.3 is 0 Å². The van der Waals surface area contributed by atoms with Gasteiger partial charge in [0.05, 0.1) is 6.21 Å². The summed E-state index contributed by atoms with van der Waals surface area (Å²) in [6.45, 7) is 3.96. The summed E-state index contributed by atoms with van der Waals surface area (Å²) in [5.41, 5.74) is 5.71. The topological polar surface area (TPSA) is 59.3 Å². The second kappa shape index (κ2) is 6.76. The lowest BCUT2D eigenvalue weighted by Crippen LogP contribution is -2.17. The van der Waals surface area contributed by atoms with Crippen LogP contribution in [0.5, 0.6) is 0 Å². The van der Waals surface area contributed by atoms with Crippen molar-refractivity contribution >= 4 is 23.5 Å². The first-order valence-electron chi connectivity index (χ1n) is 7.24. The zero-order valence-electron chi connectivity index (χ0n) is 13.2. The SMILES string of the molecule is Cc1cc(/C=N\NC(=O)c2ccc(F)cc2)c(C)n1-c1nccs1. The molecule has 1 amide bonds. The van der Waals surface area contributed by atoms with Crippen LogP contribution < -0.4 is 5.43 Å². The number of nitrogens with one attached hydrogen (secondary N) is 1. The number of rotatable bonds is 4. The number of benzene rings is 1. The Morgan fingerprint density at radius 1 is 1.33 bits per heavy atom. The second-order valence-corrected chi connectivity index (χ2v) is 6.06. The number of aromatic nitrogens is 2. The van der Waals surface area contributed by atoms with Crippen LogP contribution in [0.4, 0.5) is 4.39 Å². The highest BCUT2D eigenvalue weighted by Gasteiger charge is 2.11. The average Bonchev–Trinajstić information content (AvgIpc) is 3.16. The average molecular weight is 342 g/mol. The molecule has 0 saturated heterocycles. The van der Waals surface area contributed by atoms with Crippen LogP contribution in [0.15, 0.2) is 47.0 Å². The van der Waals surface area contributed by atoms with E-state index in [1.54, 1.807) is 23.7 Å². The highest BCUT2D eigenvalue weighted by molar-refractivity contribution is 7.12. The van der Waals surface area contributed by atoms with E-state index in [4.69, 9.17) is 0 Å². The number of carbonyl (C=O) groups is 1. The molecule has 0 spiro atoms. The molecule has 122 valence electrons. The first-order valence-corrected chi connectivity index (χ1v) is 8.12. The number of halogens is 1. The highest BCUT2D eigenvalue weighted by Crippen LogP contribution is 2.21. The maximum absolute atomic E-state index is 12.9. The number of aryl methyl sites for hydroxylation is 1. The number of carbonyl (C=O) groups excluding carboxylic acids is 1. The van der Waals surface area contributed by atoms with Crippen LogP contribution >= 0.6 is 11.3 Å². The fraction of sp³-hybridized carbons (Fsp3) is 0.118. The summed E-state index contributed by atoms with van der Waals surface area (Å²) in [5.74, 6) is -0.773. The number of hydrogen-bond acceptors (Lipinski definition) is 4. The normalized spacial score (nSPS) is 11.1. The van der Waals surface area contributed by atoms with Gasteiger partial charge in [-0.15, -0.1) is 11.3 Å². The Hall–Kier alpha value is -2.80. The Kier molecular flexibility index (Phi) is 4.52. The van der Waals surface area contributed by atoms with Crippen LogP contribution in [0.25, 0.3) is 5.13 Å². The smallest absolute Gasteiger partial charge is 0.271 e. The molecule has 3 aromatic rings. The van der Waals surface area contributed by atoms with Crippen molar-refractivity contribution in [1.29, 1.82) is 0 Å². The van der Waals surface area contributed by atoms with E-state index in [0.29, 0.717) is 5.56 Å². The van der Waals surface area contributed by atoms with Crippen LogP contribution in [0.3, 0.4) is 0 Å². The van der Waals surface area contributed by atoms with Gasteiger partial charge in [-0.05, 0) is 44.2 Å². The zero-order valence-corrected chi connectivity index (χ0v) is 14.0. The quantitative estimate of drug-likeness (QED) is 0.583. The first-order chi connectivity index (χ1) is 11.6. The van der Waals surface area contributed by atoms with Gasteiger partial charge >= 0.3 is 0 Å². The van der Waals surface area contributed by atoms with Gasteiger partial charge in [0, 0.05) is 34.1 Å². The van der Waals surface area contributed by atoms with E-state index in [2.05, 4.69) is 15.5 Å². The predicted octanol–water partition coefficient (Wildman–Crippen LogP) is 3.45. The standard InChI is InChI=1S/C17H15FN4OS/c1-11-9-14(12(2)22(11)17-19-7-8-24-17)10-20-21-16(23)13-3-5-15(18)6-4-13/h3-10H,1-2H3,(H,21,23)/b20-10-. The van der Waals surface area contributed by atoms with Gasteiger partial charge in [0.25, 0.3) is 5.91 Å². The summed E-state index contributed by atoms with van der Waals surface area (Å²) < 4.78 is 14.9. The molecule has 0 aliphatic heterocycles. The molecule has 2 aromatic heterocycles. The van der Waals surface area contributed by atoms with Gasteiger partial charge in [-0.25, -0.2) is 14.8 Å². The fourth-order valence-corrected chi connectivity index (χ4v) is 3.12. The number of thiazole rings is 1. The van der Waals surface area contributed by atoms with Crippen molar-refractivity contribution in [3.8, 4) is 5.13 Å². The van der Waals surface area contributed by atoms with Crippen LogP contribution in [-0.2, 0) is 0 Å². The largest absolute Gasteiger partial charge is 0.294 e. The highest BCUT2D eigenvalue weighted by atomic mass is 32.1. The maximum atomic E-state index is 12.9. The molecule has 0 atom stereocenters. The van der Waals surface area contributed by atoms with E-state index in [9.17, 15) is 9.18 Å². The van der Waals surface area contributed by atoms with E-state index in [0.717, 1.165) is 22.1 Å². The van der Waals surface area contributed by atoms with Gasteiger partial charge in [0.2, 0.25) is 0 Å². The Balaban J connectivity index is 1.74. The Morgan fingerprint density at radius 2 is 2.08 bits per heavy atom. The van der Waals surface area contributed by atoms with Crippen molar-refractivity contribution in [3.05, 3.63) is 70.2 Å². The number of hydrogen-bond donors (Lipinski definition) is 1. The molecule has 1 aromatic carbocycles. The Labute approximate surface area is 142 Å². The lowest BCUT2D eigenvalue weighted by atomic mass is 10.2. The maximum Gasteiger partial charge on any atom is 0.271 e. The third-order valence-corrected chi connectivity index (χ3v) is 4.31. The molecule has 7 heteroatoms. The van der Waals surface area contributed by atoms with Gasteiger partial charge in [-0.3, -0.25) is 9.36 Å². The van der Waals surface area contributed by atoms with Crippen molar-refractivity contribution in [2.75, 3.05) is 0 Å². The lowest BCUT2D eigenvalue weighted by molar-refractivity contribution is 0.0955. The second-order valence-electron chi connectivity index (χ2n) is 5.18. The summed E-state index contributed by atoms with van der Waals surface area (Å²) in [6.07, 6.45) is 3.35. The molecule has 5 nitrogen and oxygen atoms in total. The van der Waals surface area contributed by atoms with E-state index in [1.165, 1.54) is 24.3 Å². The zero-order chi connectivity index (χ0) is 17.1. The van der Waals surface area contributed by atoms with Crippen LogP contribution in [0.1, 0.15) is 27.3 Å². The Morgan fingerprint density at radius 3 is 2.75 bits per heavy atom. The van der Waals surface area contributed by atoms with E-state index < -0.39 is 0 Å². The molecular weight excluding hydrogens is 327 g/mol. The molecule has 0 aliphatic rings. The van der Waals surface area contributed by atoms with Gasteiger partial charge in [0.15, 0.2) is 5.13 Å². The number of hydrazone groups is 1. The van der Waals surface area contributed by atoms with Gasteiger partial charge in [0.1, 0.15) is 5.82 Å².